The van der Waals surface area contributed by atoms with Gasteiger partial charge in [0.05, 0.1) is 25.3 Å². The zero-order chi connectivity index (χ0) is 17.1. The number of aromatic nitrogens is 5. The molecule has 8 nitrogen and oxygen atoms in total. The van der Waals surface area contributed by atoms with Crippen molar-refractivity contribution in [2.45, 2.75) is 25.6 Å². The van der Waals surface area contributed by atoms with E-state index in [2.05, 4.69) is 32.1 Å². The van der Waals surface area contributed by atoms with Crippen molar-refractivity contribution in [2.75, 3.05) is 19.7 Å². The summed E-state index contributed by atoms with van der Waals surface area (Å²) in [5, 5.41) is 12.6. The van der Waals surface area contributed by atoms with Crippen LogP contribution < -0.4 is 0 Å². The van der Waals surface area contributed by atoms with E-state index in [1.807, 2.05) is 30.3 Å². The number of hydrogen-bond acceptors (Lipinski definition) is 7. The molecule has 1 aliphatic heterocycles. The molecule has 1 fully saturated rings. The first kappa shape index (κ1) is 15.9. The third-order valence-electron chi connectivity index (χ3n) is 4.39. The maximum absolute atomic E-state index is 5.89. The minimum atomic E-state index is 0.0344. The largest absolute Gasteiger partial charge is 0.419 e. The number of rotatable bonds is 5. The van der Waals surface area contributed by atoms with Crippen molar-refractivity contribution < 1.29 is 9.15 Å². The maximum atomic E-state index is 5.89. The minimum absolute atomic E-state index is 0.0344. The van der Waals surface area contributed by atoms with E-state index in [1.165, 1.54) is 6.33 Å². The van der Waals surface area contributed by atoms with Gasteiger partial charge in [0.2, 0.25) is 11.8 Å². The average Bonchev–Trinajstić information content (AvgIpc) is 3.34. The van der Waals surface area contributed by atoms with Crippen LogP contribution in [0.1, 0.15) is 18.9 Å². The summed E-state index contributed by atoms with van der Waals surface area (Å²) in [7, 11) is 0. The Kier molecular flexibility index (Phi) is 4.53. The molecule has 8 heteroatoms. The van der Waals surface area contributed by atoms with Crippen LogP contribution in [0.4, 0.5) is 0 Å². The first-order valence-electron chi connectivity index (χ1n) is 8.36. The second kappa shape index (κ2) is 7.12. The molecule has 1 saturated heterocycles. The van der Waals surface area contributed by atoms with Gasteiger partial charge in [0.15, 0.2) is 0 Å². The molecule has 0 spiro atoms. The van der Waals surface area contributed by atoms with E-state index in [4.69, 9.17) is 9.15 Å². The fourth-order valence-corrected chi connectivity index (χ4v) is 3.00. The summed E-state index contributed by atoms with van der Waals surface area (Å²) < 4.78 is 13.5. The lowest BCUT2D eigenvalue weighted by molar-refractivity contribution is -0.0526. The second-order valence-electron chi connectivity index (χ2n) is 6.09. The molecule has 0 amide bonds. The molecule has 0 aliphatic carbocycles. The SMILES string of the molecule is C[C@H](c1nnc(-c2ccccc2)o1)N1CCO[C@H](Cn2cncn2)C1. The molecule has 0 N–H and O–H groups in total. The van der Waals surface area contributed by atoms with E-state index in [9.17, 15) is 0 Å². The van der Waals surface area contributed by atoms with Gasteiger partial charge in [-0.2, -0.15) is 5.10 Å². The Balaban J connectivity index is 1.43. The van der Waals surface area contributed by atoms with E-state index in [0.717, 1.165) is 18.7 Å². The highest BCUT2D eigenvalue weighted by atomic mass is 16.5. The molecule has 1 aliphatic rings. The summed E-state index contributed by atoms with van der Waals surface area (Å²) in [6.45, 7) is 5.05. The number of benzene rings is 1. The molecule has 3 heterocycles. The van der Waals surface area contributed by atoms with Gasteiger partial charge < -0.3 is 9.15 Å². The maximum Gasteiger partial charge on any atom is 0.247 e. The fraction of sp³-hybridized carbons (Fsp3) is 0.412. The molecule has 2 aromatic heterocycles. The summed E-state index contributed by atoms with van der Waals surface area (Å²) in [6.07, 6.45) is 3.30. The summed E-state index contributed by atoms with van der Waals surface area (Å²) in [6, 6.07) is 9.84. The summed E-state index contributed by atoms with van der Waals surface area (Å²) in [5.74, 6) is 1.18. The lowest BCUT2D eigenvalue weighted by Crippen LogP contribution is -2.45. The first-order chi connectivity index (χ1) is 12.3. The zero-order valence-electron chi connectivity index (χ0n) is 14.0. The first-order valence-corrected chi connectivity index (χ1v) is 8.36. The third kappa shape index (κ3) is 3.59. The smallest absolute Gasteiger partial charge is 0.247 e. The second-order valence-corrected chi connectivity index (χ2v) is 6.09. The number of ether oxygens (including phenoxy) is 1. The highest BCUT2D eigenvalue weighted by Gasteiger charge is 2.28. The van der Waals surface area contributed by atoms with Crippen LogP contribution in [-0.2, 0) is 11.3 Å². The number of nitrogens with zero attached hydrogens (tertiary/aromatic N) is 6. The van der Waals surface area contributed by atoms with Gasteiger partial charge in [0.25, 0.3) is 0 Å². The van der Waals surface area contributed by atoms with Crippen LogP contribution in [0, 0.1) is 0 Å². The van der Waals surface area contributed by atoms with Crippen molar-refractivity contribution in [3.8, 4) is 11.5 Å². The lowest BCUT2D eigenvalue weighted by Gasteiger charge is -2.35. The van der Waals surface area contributed by atoms with Crippen molar-refractivity contribution in [1.82, 2.24) is 29.9 Å². The lowest BCUT2D eigenvalue weighted by atomic mass is 10.2. The van der Waals surface area contributed by atoms with Crippen LogP contribution in [0.15, 0.2) is 47.4 Å². The summed E-state index contributed by atoms with van der Waals surface area (Å²) in [4.78, 5) is 6.27. The molecule has 0 bridgehead atoms. The standard InChI is InChI=1S/C17H20N6O2/c1-13(16-20-21-17(25-16)14-5-3-2-4-6-14)22-7-8-24-15(9-22)10-23-12-18-11-19-23/h2-6,11-13,15H,7-10H2,1H3/t13-,15+/m1/s1. The Morgan fingerprint density at radius 2 is 2.12 bits per heavy atom. The monoisotopic (exact) mass is 340 g/mol. The van der Waals surface area contributed by atoms with Crippen LogP contribution >= 0.6 is 0 Å². The fourth-order valence-electron chi connectivity index (χ4n) is 3.00. The Bertz CT molecular complexity index is 789. The number of morpholine rings is 1. The number of hydrogen-bond donors (Lipinski definition) is 0. The molecule has 0 radical (unpaired) electrons. The van der Waals surface area contributed by atoms with Gasteiger partial charge in [-0.05, 0) is 19.1 Å². The van der Waals surface area contributed by atoms with Crippen LogP contribution in [0.3, 0.4) is 0 Å². The van der Waals surface area contributed by atoms with E-state index in [-0.39, 0.29) is 12.1 Å². The van der Waals surface area contributed by atoms with Gasteiger partial charge in [-0.25, -0.2) is 4.98 Å². The van der Waals surface area contributed by atoms with Gasteiger partial charge >= 0.3 is 0 Å². The molecule has 0 unspecified atom stereocenters. The van der Waals surface area contributed by atoms with E-state index < -0.39 is 0 Å². The molecular formula is C17H20N6O2. The zero-order valence-corrected chi connectivity index (χ0v) is 14.0. The molecule has 3 aromatic rings. The van der Waals surface area contributed by atoms with Crippen LogP contribution in [0.5, 0.6) is 0 Å². The van der Waals surface area contributed by atoms with E-state index >= 15 is 0 Å². The van der Waals surface area contributed by atoms with E-state index in [1.54, 1.807) is 11.0 Å². The quantitative estimate of drug-likeness (QED) is 0.700. The van der Waals surface area contributed by atoms with Crippen molar-refractivity contribution in [3.63, 3.8) is 0 Å². The van der Waals surface area contributed by atoms with Crippen molar-refractivity contribution in [1.29, 1.82) is 0 Å². The van der Waals surface area contributed by atoms with Gasteiger partial charge in [0.1, 0.15) is 12.7 Å². The van der Waals surface area contributed by atoms with E-state index in [0.29, 0.717) is 24.9 Å². The van der Waals surface area contributed by atoms with Crippen LogP contribution in [0.2, 0.25) is 0 Å². The summed E-state index contributed by atoms with van der Waals surface area (Å²) in [5.41, 5.74) is 0.930. The Labute approximate surface area is 145 Å². The Morgan fingerprint density at radius 3 is 2.92 bits per heavy atom. The Hall–Kier alpha value is -2.58. The highest BCUT2D eigenvalue weighted by Crippen LogP contribution is 2.25. The molecule has 25 heavy (non-hydrogen) atoms. The average molecular weight is 340 g/mol. The Morgan fingerprint density at radius 1 is 1.24 bits per heavy atom. The predicted molar refractivity (Wildman–Crippen MR) is 89.5 cm³/mol. The normalized spacial score (nSPS) is 19.8. The highest BCUT2D eigenvalue weighted by molar-refractivity contribution is 5.51. The summed E-state index contributed by atoms with van der Waals surface area (Å²) >= 11 is 0. The molecule has 4 rings (SSSR count). The van der Waals surface area contributed by atoms with Gasteiger partial charge in [-0.3, -0.25) is 9.58 Å². The van der Waals surface area contributed by atoms with Gasteiger partial charge in [-0.1, -0.05) is 18.2 Å². The molecule has 1 aromatic carbocycles. The van der Waals surface area contributed by atoms with Gasteiger partial charge in [-0.15, -0.1) is 10.2 Å². The predicted octanol–water partition coefficient (Wildman–Crippen LogP) is 1.79. The van der Waals surface area contributed by atoms with Crippen LogP contribution in [0.25, 0.3) is 11.5 Å². The molecule has 0 saturated carbocycles. The van der Waals surface area contributed by atoms with Crippen molar-refractivity contribution in [3.05, 3.63) is 48.9 Å². The van der Waals surface area contributed by atoms with Crippen LogP contribution in [-0.4, -0.2) is 55.7 Å². The third-order valence-corrected chi connectivity index (χ3v) is 4.39. The minimum Gasteiger partial charge on any atom is -0.419 e. The van der Waals surface area contributed by atoms with Gasteiger partial charge in [0, 0.05) is 18.7 Å². The van der Waals surface area contributed by atoms with Crippen molar-refractivity contribution in [2.24, 2.45) is 0 Å². The molecular weight excluding hydrogens is 320 g/mol. The molecule has 2 atom stereocenters. The van der Waals surface area contributed by atoms with Crippen molar-refractivity contribution >= 4 is 0 Å². The topological polar surface area (TPSA) is 82.1 Å². The molecule has 130 valence electrons.